The number of alkyl halides is 2. The molecule has 0 unspecified atom stereocenters. The molecular formula is C27H23ClF3N7. The number of pyridine rings is 1. The lowest BCUT2D eigenvalue weighted by Crippen LogP contribution is -2.54. The number of nitrogens with zero attached hydrogens (tertiary/aromatic N) is 5. The van der Waals surface area contributed by atoms with Gasteiger partial charge in [-0.15, -0.1) is 5.10 Å². The van der Waals surface area contributed by atoms with E-state index in [0.717, 1.165) is 12.8 Å². The summed E-state index contributed by atoms with van der Waals surface area (Å²) in [5.74, 6) is -3.23. The first-order chi connectivity index (χ1) is 18.5. The topological polar surface area (TPSA) is 91.5 Å². The molecule has 2 heterocycles. The van der Waals surface area contributed by atoms with Crippen LogP contribution in [0.3, 0.4) is 0 Å². The Morgan fingerprint density at radius 2 is 1.97 bits per heavy atom. The van der Waals surface area contributed by atoms with Crippen molar-refractivity contribution in [1.82, 2.24) is 20.0 Å². The van der Waals surface area contributed by atoms with E-state index in [1.807, 2.05) is 0 Å². The van der Waals surface area contributed by atoms with Crippen molar-refractivity contribution in [2.75, 3.05) is 10.6 Å². The highest BCUT2D eigenvalue weighted by molar-refractivity contribution is 6.35. The van der Waals surface area contributed by atoms with Gasteiger partial charge in [-0.1, -0.05) is 28.9 Å². The zero-order valence-electron chi connectivity index (χ0n) is 21.3. The van der Waals surface area contributed by atoms with Gasteiger partial charge in [0.05, 0.1) is 41.4 Å². The SMILES string of the molecule is [2H][C@](Nc1cc(Cl)c2ncc(C#N)c(NC3(C)CC(F)(F)C3)c2c1)(c1ccc(F)cc1)c1cn(C2CC2)nn1. The minimum absolute atomic E-state index is 0.176. The molecule has 2 N–H and O–H groups in total. The number of rotatable bonds is 7. The quantitative estimate of drug-likeness (QED) is 0.274. The predicted octanol–water partition coefficient (Wildman–Crippen LogP) is 6.63. The molecule has 0 radical (unpaired) electrons. The number of nitriles is 1. The summed E-state index contributed by atoms with van der Waals surface area (Å²) in [7, 11) is 0. The molecule has 0 saturated heterocycles. The van der Waals surface area contributed by atoms with Crippen molar-refractivity contribution in [2.24, 2.45) is 0 Å². The molecule has 0 amide bonds. The Balaban J connectivity index is 1.45. The Labute approximate surface area is 223 Å². The normalized spacial score (nSPS) is 19.6. The van der Waals surface area contributed by atoms with Gasteiger partial charge in [-0.05, 0) is 49.6 Å². The van der Waals surface area contributed by atoms with Gasteiger partial charge in [0.2, 0.25) is 0 Å². The van der Waals surface area contributed by atoms with E-state index in [2.05, 4.69) is 32.0 Å². The molecule has 2 aromatic heterocycles. The van der Waals surface area contributed by atoms with E-state index in [0.29, 0.717) is 33.5 Å². The Morgan fingerprint density at radius 3 is 2.63 bits per heavy atom. The van der Waals surface area contributed by atoms with Crippen LogP contribution in [0, 0.1) is 17.1 Å². The van der Waals surface area contributed by atoms with Crippen LogP contribution in [0.15, 0.2) is 48.8 Å². The molecule has 38 heavy (non-hydrogen) atoms. The molecule has 4 aromatic rings. The first kappa shape index (κ1) is 23.3. The van der Waals surface area contributed by atoms with Crippen molar-refractivity contribution in [3.8, 4) is 6.07 Å². The number of hydrogen-bond donors (Lipinski definition) is 2. The molecule has 2 aromatic carbocycles. The van der Waals surface area contributed by atoms with Crippen molar-refractivity contribution < 1.29 is 14.5 Å². The standard InChI is InChI=1S/C27H23ClF3N7/c1-26(13-27(30,31)14-26)35-23-16(10-32)11-33-25-20(23)8-18(9-21(25)28)34-24(15-2-4-17(29)5-3-15)22-12-38(37-36-22)19-6-7-19/h2-5,8-9,11-12,19,24,34H,6-7,13-14H2,1H3,(H,33,35)/t24-/m0/s1/i24D. The molecule has 0 bridgehead atoms. The summed E-state index contributed by atoms with van der Waals surface area (Å²) in [6.07, 6.45) is 4.26. The fourth-order valence-electron chi connectivity index (χ4n) is 4.99. The molecule has 0 aliphatic heterocycles. The van der Waals surface area contributed by atoms with Crippen LogP contribution in [-0.2, 0) is 0 Å². The lowest BCUT2D eigenvalue weighted by Gasteiger charge is -2.46. The van der Waals surface area contributed by atoms with Crippen LogP contribution in [0.2, 0.25) is 5.02 Å². The highest BCUT2D eigenvalue weighted by Crippen LogP contribution is 2.48. The van der Waals surface area contributed by atoms with Crippen molar-refractivity contribution in [3.05, 3.63) is 76.5 Å². The predicted molar refractivity (Wildman–Crippen MR) is 138 cm³/mol. The second-order valence-electron chi connectivity index (χ2n) is 10.2. The fraction of sp³-hybridized carbons (Fsp3) is 0.333. The van der Waals surface area contributed by atoms with Crippen LogP contribution >= 0.6 is 11.6 Å². The molecule has 194 valence electrons. The summed E-state index contributed by atoms with van der Waals surface area (Å²) in [6.45, 7) is 1.67. The molecule has 6 rings (SSSR count). The van der Waals surface area contributed by atoms with Crippen LogP contribution < -0.4 is 10.6 Å². The summed E-state index contributed by atoms with van der Waals surface area (Å²) < 4.78 is 52.4. The van der Waals surface area contributed by atoms with E-state index >= 15 is 0 Å². The van der Waals surface area contributed by atoms with Gasteiger partial charge in [-0.2, -0.15) is 5.26 Å². The molecule has 7 nitrogen and oxygen atoms in total. The molecule has 2 fully saturated rings. The minimum Gasteiger partial charge on any atom is -0.378 e. The van der Waals surface area contributed by atoms with Crippen molar-refractivity contribution >= 4 is 33.9 Å². The van der Waals surface area contributed by atoms with Gasteiger partial charge >= 0.3 is 0 Å². The maximum atomic E-state index is 13.8. The summed E-state index contributed by atoms with van der Waals surface area (Å²) in [6, 6.07) is 9.39. The van der Waals surface area contributed by atoms with E-state index in [-0.39, 0.29) is 29.5 Å². The Kier molecular flexibility index (Phi) is 5.44. The summed E-state index contributed by atoms with van der Waals surface area (Å²) in [5.41, 5.74) is 1.05. The summed E-state index contributed by atoms with van der Waals surface area (Å²) >= 11 is 6.61. The van der Waals surface area contributed by atoms with Gasteiger partial charge in [0.1, 0.15) is 17.6 Å². The molecule has 1 atom stereocenters. The van der Waals surface area contributed by atoms with E-state index in [1.54, 1.807) is 29.9 Å². The monoisotopic (exact) mass is 538 g/mol. The second-order valence-corrected chi connectivity index (χ2v) is 10.6. The van der Waals surface area contributed by atoms with Crippen LogP contribution in [0.4, 0.5) is 24.5 Å². The van der Waals surface area contributed by atoms with Gasteiger partial charge in [0.25, 0.3) is 5.92 Å². The first-order valence-corrected chi connectivity index (χ1v) is 12.5. The second kappa shape index (κ2) is 8.88. The number of nitrogens with one attached hydrogen (secondary N) is 2. The zero-order valence-corrected chi connectivity index (χ0v) is 21.0. The largest absolute Gasteiger partial charge is 0.378 e. The number of halogens is 4. The molecule has 2 saturated carbocycles. The Morgan fingerprint density at radius 1 is 1.24 bits per heavy atom. The molecule has 2 aliphatic rings. The summed E-state index contributed by atoms with van der Waals surface area (Å²) in [4.78, 5) is 4.32. The lowest BCUT2D eigenvalue weighted by molar-refractivity contribution is -0.109. The van der Waals surface area contributed by atoms with Gasteiger partial charge in [-0.25, -0.2) is 17.9 Å². The van der Waals surface area contributed by atoms with Gasteiger partial charge < -0.3 is 10.6 Å². The Hall–Kier alpha value is -3.84. The number of hydrogen-bond acceptors (Lipinski definition) is 6. The van der Waals surface area contributed by atoms with Crippen molar-refractivity contribution in [1.29, 1.82) is 5.26 Å². The average molecular weight is 539 g/mol. The maximum absolute atomic E-state index is 13.8. The number of aromatic nitrogens is 4. The average Bonchev–Trinajstić information content (AvgIpc) is 3.59. The van der Waals surface area contributed by atoms with Gasteiger partial charge in [0.15, 0.2) is 0 Å². The minimum atomic E-state index is -2.78. The van der Waals surface area contributed by atoms with E-state index < -0.39 is 23.3 Å². The highest BCUT2D eigenvalue weighted by Gasteiger charge is 2.54. The Bertz CT molecular complexity index is 1620. The van der Waals surface area contributed by atoms with Crippen LogP contribution in [0.1, 0.15) is 62.9 Å². The maximum Gasteiger partial charge on any atom is 0.252 e. The van der Waals surface area contributed by atoms with Crippen LogP contribution in [-0.4, -0.2) is 31.4 Å². The van der Waals surface area contributed by atoms with Crippen molar-refractivity contribution in [3.63, 3.8) is 0 Å². The zero-order chi connectivity index (χ0) is 27.6. The fourth-order valence-corrected chi connectivity index (χ4v) is 5.25. The summed E-state index contributed by atoms with van der Waals surface area (Å²) in [5, 5.41) is 25.2. The van der Waals surface area contributed by atoms with Gasteiger partial charge in [0, 0.05) is 35.7 Å². The highest BCUT2D eigenvalue weighted by atomic mass is 35.5. The van der Waals surface area contributed by atoms with E-state index in [1.165, 1.54) is 30.5 Å². The third-order valence-electron chi connectivity index (χ3n) is 6.86. The van der Waals surface area contributed by atoms with Crippen LogP contribution in [0.5, 0.6) is 0 Å². The number of benzene rings is 2. The lowest BCUT2D eigenvalue weighted by atomic mass is 9.74. The number of anilines is 2. The van der Waals surface area contributed by atoms with Crippen LogP contribution in [0.25, 0.3) is 10.9 Å². The van der Waals surface area contributed by atoms with E-state index in [9.17, 15) is 19.8 Å². The van der Waals surface area contributed by atoms with Crippen molar-refractivity contribution in [2.45, 2.75) is 56.1 Å². The molecular weight excluding hydrogens is 515 g/mol. The van der Waals surface area contributed by atoms with E-state index in [4.69, 9.17) is 11.6 Å². The molecule has 2 aliphatic carbocycles. The number of fused-ring (bicyclic) bond motifs is 1. The third kappa shape index (κ3) is 4.63. The smallest absolute Gasteiger partial charge is 0.252 e. The molecule has 11 heteroatoms. The third-order valence-corrected chi connectivity index (χ3v) is 7.15. The van der Waals surface area contributed by atoms with Gasteiger partial charge in [-0.3, -0.25) is 4.98 Å². The first-order valence-electron chi connectivity index (χ1n) is 12.6. The molecule has 0 spiro atoms.